The van der Waals surface area contributed by atoms with Crippen LogP contribution in [0, 0.1) is 11.7 Å². The Balaban J connectivity index is 1.65. The molecule has 0 unspecified atom stereocenters. The molecule has 0 amide bonds. The van der Waals surface area contributed by atoms with Crippen LogP contribution in [-0.4, -0.2) is 33.6 Å². The number of piperidine rings is 1. The number of hydrogen-bond donors (Lipinski definition) is 0. The average Bonchev–Trinajstić information content (AvgIpc) is 2.72. The number of likely N-dealkylation sites (tertiary alicyclic amines) is 1. The second kappa shape index (κ2) is 8.25. The van der Waals surface area contributed by atoms with Gasteiger partial charge < -0.3 is 4.90 Å². The summed E-state index contributed by atoms with van der Waals surface area (Å²) in [6.07, 6.45) is 3.93. The maximum Gasteiger partial charge on any atom is 0.261 e. The lowest BCUT2D eigenvalue weighted by molar-refractivity contribution is 0.130. The topological polar surface area (TPSA) is 38.1 Å². The molecule has 0 saturated carbocycles. The van der Waals surface area contributed by atoms with Crippen LogP contribution in [0.5, 0.6) is 0 Å². The number of fused-ring (bicyclic) bond motifs is 1. The molecule has 29 heavy (non-hydrogen) atoms. The fourth-order valence-electron chi connectivity index (χ4n) is 4.14. The maximum absolute atomic E-state index is 13.9. The minimum atomic E-state index is -0.472. The zero-order valence-electron chi connectivity index (χ0n) is 16.7. The van der Waals surface area contributed by atoms with Gasteiger partial charge in [0.1, 0.15) is 5.82 Å². The highest BCUT2D eigenvalue weighted by Gasteiger charge is 2.22. The molecule has 4 rings (SSSR count). The van der Waals surface area contributed by atoms with E-state index in [1.54, 1.807) is 23.0 Å². The van der Waals surface area contributed by atoms with Crippen molar-refractivity contribution in [2.75, 3.05) is 13.1 Å². The molecule has 0 radical (unpaired) electrons. The second-order valence-corrected chi connectivity index (χ2v) is 8.57. The van der Waals surface area contributed by atoms with E-state index < -0.39 is 5.82 Å². The highest BCUT2D eigenvalue weighted by Crippen LogP contribution is 2.26. The van der Waals surface area contributed by atoms with E-state index in [9.17, 15) is 9.18 Å². The van der Waals surface area contributed by atoms with Crippen LogP contribution in [-0.2, 0) is 6.54 Å². The number of aromatic nitrogens is 2. The molecule has 1 aliphatic heterocycles. The summed E-state index contributed by atoms with van der Waals surface area (Å²) in [4.78, 5) is 20.1. The molecule has 0 aliphatic carbocycles. The van der Waals surface area contributed by atoms with Gasteiger partial charge in [0.05, 0.1) is 22.3 Å². The van der Waals surface area contributed by atoms with E-state index in [1.165, 1.54) is 12.1 Å². The highest BCUT2D eigenvalue weighted by molar-refractivity contribution is 6.30. The van der Waals surface area contributed by atoms with Crippen LogP contribution >= 0.6 is 11.6 Å². The second-order valence-electron chi connectivity index (χ2n) is 8.16. The molecule has 1 atom stereocenters. The summed E-state index contributed by atoms with van der Waals surface area (Å²) < 4.78 is 15.6. The molecule has 1 aromatic heterocycles. The summed E-state index contributed by atoms with van der Waals surface area (Å²) >= 11 is 5.79. The first-order valence-corrected chi connectivity index (χ1v) is 10.5. The third-order valence-electron chi connectivity index (χ3n) is 5.81. The number of nitrogens with zero attached hydrogens (tertiary/aromatic N) is 3. The molecule has 152 valence electrons. The zero-order chi connectivity index (χ0) is 20.5. The predicted molar refractivity (Wildman–Crippen MR) is 116 cm³/mol. The Morgan fingerprint density at radius 2 is 1.97 bits per heavy atom. The molecular formula is C23H25ClFN3O. The highest BCUT2D eigenvalue weighted by atomic mass is 35.5. The van der Waals surface area contributed by atoms with Crippen LogP contribution in [0.1, 0.15) is 26.7 Å². The van der Waals surface area contributed by atoms with Crippen molar-refractivity contribution in [3.8, 4) is 11.1 Å². The normalized spacial score (nSPS) is 17.9. The lowest BCUT2D eigenvalue weighted by atomic mass is 9.97. The first-order valence-electron chi connectivity index (χ1n) is 10.1. The minimum absolute atomic E-state index is 0.0482. The lowest BCUT2D eigenvalue weighted by Crippen LogP contribution is -2.42. The van der Waals surface area contributed by atoms with Crippen molar-refractivity contribution in [1.82, 2.24) is 14.5 Å². The van der Waals surface area contributed by atoms with Crippen LogP contribution < -0.4 is 5.56 Å². The summed E-state index contributed by atoms with van der Waals surface area (Å²) in [5, 5.41) is 0.637. The standard InChI is InChI=1S/C23H25ClFN3O/c1-15(2)27-9-3-4-16(12-27)13-28-14-26-22-8-6-17(10-19(22)23(28)29)18-5-7-20(24)21(25)11-18/h5-8,10-11,14-16H,3-4,9,12-13H2,1-2H3/t16-/m0/s1. The Labute approximate surface area is 174 Å². The molecule has 1 aliphatic rings. The Bertz CT molecular complexity index is 1100. The molecule has 0 bridgehead atoms. The summed E-state index contributed by atoms with van der Waals surface area (Å²) in [5.41, 5.74) is 2.06. The van der Waals surface area contributed by atoms with Crippen molar-refractivity contribution in [2.45, 2.75) is 39.3 Å². The van der Waals surface area contributed by atoms with Crippen molar-refractivity contribution in [3.05, 3.63) is 63.9 Å². The summed E-state index contributed by atoms with van der Waals surface area (Å²) in [5.74, 6) is -0.0310. The molecule has 4 nitrogen and oxygen atoms in total. The molecule has 2 heterocycles. The van der Waals surface area contributed by atoms with E-state index in [0.29, 0.717) is 35.0 Å². The quantitative estimate of drug-likeness (QED) is 0.605. The fraction of sp³-hybridized carbons (Fsp3) is 0.391. The van der Waals surface area contributed by atoms with Gasteiger partial charge in [-0.05, 0) is 74.5 Å². The molecule has 0 spiro atoms. The molecule has 0 N–H and O–H groups in total. The van der Waals surface area contributed by atoms with Gasteiger partial charge in [0.2, 0.25) is 0 Å². The van der Waals surface area contributed by atoms with Crippen molar-refractivity contribution in [1.29, 1.82) is 0 Å². The van der Waals surface area contributed by atoms with Crippen molar-refractivity contribution in [3.63, 3.8) is 0 Å². The fourth-order valence-corrected chi connectivity index (χ4v) is 4.26. The van der Waals surface area contributed by atoms with E-state index in [0.717, 1.165) is 31.5 Å². The average molecular weight is 414 g/mol. The number of benzene rings is 2. The Morgan fingerprint density at radius 3 is 2.72 bits per heavy atom. The predicted octanol–water partition coefficient (Wildman–Crippen LogP) is 4.98. The largest absolute Gasteiger partial charge is 0.301 e. The van der Waals surface area contributed by atoms with Crippen LogP contribution in [0.25, 0.3) is 22.0 Å². The number of hydrogen-bond acceptors (Lipinski definition) is 3. The third kappa shape index (κ3) is 4.21. The molecule has 6 heteroatoms. The van der Waals surface area contributed by atoms with Gasteiger partial charge >= 0.3 is 0 Å². The lowest BCUT2D eigenvalue weighted by Gasteiger charge is -2.35. The maximum atomic E-state index is 13.9. The molecule has 1 saturated heterocycles. The summed E-state index contributed by atoms with van der Waals surface area (Å²) in [7, 11) is 0. The van der Waals surface area contributed by atoms with Gasteiger partial charge in [-0.1, -0.05) is 23.7 Å². The van der Waals surface area contributed by atoms with E-state index in [4.69, 9.17) is 11.6 Å². The van der Waals surface area contributed by atoms with Gasteiger partial charge in [-0.15, -0.1) is 0 Å². The summed E-state index contributed by atoms with van der Waals surface area (Å²) in [6.45, 7) is 7.23. The van der Waals surface area contributed by atoms with E-state index in [2.05, 4.69) is 23.7 Å². The first kappa shape index (κ1) is 20.0. The van der Waals surface area contributed by atoms with E-state index in [1.807, 2.05) is 12.1 Å². The number of rotatable bonds is 4. The smallest absolute Gasteiger partial charge is 0.261 e. The van der Waals surface area contributed by atoms with Crippen LogP contribution in [0.4, 0.5) is 4.39 Å². The zero-order valence-corrected chi connectivity index (χ0v) is 17.5. The van der Waals surface area contributed by atoms with E-state index in [-0.39, 0.29) is 10.6 Å². The van der Waals surface area contributed by atoms with Gasteiger partial charge in [0.15, 0.2) is 0 Å². The van der Waals surface area contributed by atoms with Gasteiger partial charge in [0.25, 0.3) is 5.56 Å². The van der Waals surface area contributed by atoms with Crippen LogP contribution in [0.2, 0.25) is 5.02 Å². The van der Waals surface area contributed by atoms with Crippen molar-refractivity contribution in [2.24, 2.45) is 5.92 Å². The van der Waals surface area contributed by atoms with Crippen molar-refractivity contribution >= 4 is 22.5 Å². The Kier molecular flexibility index (Phi) is 5.70. The SMILES string of the molecule is CC(C)N1CCC[C@H](Cn2cnc3ccc(-c4ccc(Cl)c(F)c4)cc3c2=O)C1. The summed E-state index contributed by atoms with van der Waals surface area (Å²) in [6, 6.07) is 10.6. The van der Waals surface area contributed by atoms with Gasteiger partial charge in [0, 0.05) is 19.1 Å². The molecule has 3 aromatic rings. The molecular weight excluding hydrogens is 389 g/mol. The Hall–Kier alpha value is -2.24. The first-order chi connectivity index (χ1) is 13.9. The van der Waals surface area contributed by atoms with Crippen LogP contribution in [0.3, 0.4) is 0 Å². The van der Waals surface area contributed by atoms with Gasteiger partial charge in [-0.25, -0.2) is 9.37 Å². The van der Waals surface area contributed by atoms with Gasteiger partial charge in [-0.2, -0.15) is 0 Å². The molecule has 1 fully saturated rings. The Morgan fingerprint density at radius 1 is 1.21 bits per heavy atom. The minimum Gasteiger partial charge on any atom is -0.301 e. The van der Waals surface area contributed by atoms with Gasteiger partial charge in [-0.3, -0.25) is 9.36 Å². The van der Waals surface area contributed by atoms with Crippen molar-refractivity contribution < 1.29 is 4.39 Å². The van der Waals surface area contributed by atoms with E-state index >= 15 is 0 Å². The molecule has 2 aromatic carbocycles. The monoisotopic (exact) mass is 413 g/mol. The third-order valence-corrected chi connectivity index (χ3v) is 6.12. The number of halogens is 2. The van der Waals surface area contributed by atoms with Crippen LogP contribution in [0.15, 0.2) is 47.5 Å².